The molecule has 2 heterocycles. The van der Waals surface area contributed by atoms with E-state index in [1.807, 2.05) is 13.1 Å². The number of anilines is 1. The molecule has 0 amide bonds. The fraction of sp³-hybridized carbons (Fsp3) is 0.400. The zero-order chi connectivity index (χ0) is 14.5. The van der Waals surface area contributed by atoms with Crippen molar-refractivity contribution in [1.29, 1.82) is 0 Å². The normalized spacial score (nSPS) is 10.8. The Morgan fingerprint density at radius 2 is 2.15 bits per heavy atom. The molecule has 0 fully saturated rings. The van der Waals surface area contributed by atoms with Gasteiger partial charge in [-0.2, -0.15) is 0 Å². The lowest BCUT2D eigenvalue weighted by atomic mass is 10.1. The molecule has 0 atom stereocenters. The fourth-order valence-corrected chi connectivity index (χ4v) is 3.22. The Hall–Kier alpha value is -1.10. The standard InChI is InChI=1S/C15H20ClN3S/c1-3-4-12-7-11(9-17)8-15(18-12)19(2)10-13-5-6-14(16)20-13/h5-8H,3-4,9-10,17H2,1-2H3. The first-order valence-electron chi connectivity index (χ1n) is 6.77. The van der Waals surface area contributed by atoms with Crippen LogP contribution < -0.4 is 10.6 Å². The van der Waals surface area contributed by atoms with Gasteiger partial charge in [0.1, 0.15) is 5.82 Å². The van der Waals surface area contributed by atoms with Gasteiger partial charge in [-0.3, -0.25) is 0 Å². The number of nitrogens with two attached hydrogens (primary N) is 1. The number of pyridine rings is 1. The van der Waals surface area contributed by atoms with Crippen LogP contribution in [0.25, 0.3) is 0 Å². The van der Waals surface area contributed by atoms with Crippen molar-refractivity contribution in [3.05, 3.63) is 44.7 Å². The van der Waals surface area contributed by atoms with Crippen LogP contribution in [0.1, 0.15) is 29.5 Å². The Bertz CT molecular complexity index is 568. The van der Waals surface area contributed by atoms with Gasteiger partial charge in [-0.25, -0.2) is 4.98 Å². The van der Waals surface area contributed by atoms with E-state index in [0.717, 1.165) is 40.8 Å². The molecular formula is C15H20ClN3S. The molecule has 0 saturated heterocycles. The Labute approximate surface area is 129 Å². The highest BCUT2D eigenvalue weighted by molar-refractivity contribution is 7.16. The van der Waals surface area contributed by atoms with Crippen LogP contribution in [0.2, 0.25) is 4.34 Å². The van der Waals surface area contributed by atoms with Gasteiger partial charge in [0.15, 0.2) is 0 Å². The molecule has 2 aromatic rings. The van der Waals surface area contributed by atoms with Crippen LogP contribution in [0.3, 0.4) is 0 Å². The summed E-state index contributed by atoms with van der Waals surface area (Å²) in [5.41, 5.74) is 8.02. The highest BCUT2D eigenvalue weighted by Gasteiger charge is 2.08. The summed E-state index contributed by atoms with van der Waals surface area (Å²) in [4.78, 5) is 8.09. The van der Waals surface area contributed by atoms with Crippen molar-refractivity contribution in [3.8, 4) is 0 Å². The summed E-state index contributed by atoms with van der Waals surface area (Å²) in [6.07, 6.45) is 2.07. The third-order valence-corrected chi connectivity index (χ3v) is 4.30. The Morgan fingerprint density at radius 3 is 2.75 bits per heavy atom. The molecule has 0 unspecified atom stereocenters. The lowest BCUT2D eigenvalue weighted by Gasteiger charge is -2.19. The maximum atomic E-state index is 5.97. The van der Waals surface area contributed by atoms with Gasteiger partial charge in [-0.1, -0.05) is 24.9 Å². The van der Waals surface area contributed by atoms with Gasteiger partial charge in [0, 0.05) is 24.2 Å². The van der Waals surface area contributed by atoms with E-state index in [2.05, 4.69) is 30.0 Å². The second-order valence-corrected chi connectivity index (χ2v) is 6.64. The molecule has 0 aliphatic rings. The number of thiophene rings is 1. The molecule has 108 valence electrons. The van der Waals surface area contributed by atoms with Gasteiger partial charge < -0.3 is 10.6 Å². The summed E-state index contributed by atoms with van der Waals surface area (Å²) in [5, 5.41) is 0. The maximum absolute atomic E-state index is 5.97. The number of halogens is 1. The average molecular weight is 310 g/mol. The monoisotopic (exact) mass is 309 g/mol. The van der Waals surface area contributed by atoms with Gasteiger partial charge in [-0.05, 0) is 36.2 Å². The van der Waals surface area contributed by atoms with E-state index in [1.165, 1.54) is 4.88 Å². The van der Waals surface area contributed by atoms with Crippen LogP contribution in [0, 0.1) is 0 Å². The molecule has 0 aromatic carbocycles. The number of hydrogen-bond acceptors (Lipinski definition) is 4. The SMILES string of the molecule is CCCc1cc(CN)cc(N(C)Cc2ccc(Cl)s2)n1. The Kier molecular flexibility index (Phi) is 5.40. The predicted octanol–water partition coefficient (Wildman–Crippen LogP) is 3.84. The predicted molar refractivity (Wildman–Crippen MR) is 87.6 cm³/mol. The van der Waals surface area contributed by atoms with Gasteiger partial charge in [0.2, 0.25) is 0 Å². The Balaban J connectivity index is 2.19. The second kappa shape index (κ2) is 7.07. The molecule has 20 heavy (non-hydrogen) atoms. The van der Waals surface area contributed by atoms with E-state index in [9.17, 15) is 0 Å². The zero-order valence-corrected chi connectivity index (χ0v) is 13.5. The Morgan fingerprint density at radius 1 is 1.35 bits per heavy atom. The number of nitrogens with zero attached hydrogens (tertiary/aromatic N) is 2. The molecule has 0 bridgehead atoms. The van der Waals surface area contributed by atoms with Crippen molar-refractivity contribution in [3.63, 3.8) is 0 Å². The van der Waals surface area contributed by atoms with Gasteiger partial charge >= 0.3 is 0 Å². The smallest absolute Gasteiger partial charge is 0.129 e. The summed E-state index contributed by atoms with van der Waals surface area (Å²) >= 11 is 7.58. The van der Waals surface area contributed by atoms with E-state index in [1.54, 1.807) is 11.3 Å². The minimum atomic E-state index is 0.547. The summed E-state index contributed by atoms with van der Waals surface area (Å²) in [6, 6.07) is 8.15. The van der Waals surface area contributed by atoms with E-state index in [0.29, 0.717) is 6.54 Å². The number of aryl methyl sites for hydroxylation is 1. The summed E-state index contributed by atoms with van der Waals surface area (Å²) in [6.45, 7) is 3.52. The molecule has 5 heteroatoms. The molecule has 0 aliphatic heterocycles. The molecule has 0 radical (unpaired) electrons. The van der Waals surface area contributed by atoms with Gasteiger partial charge in [0.25, 0.3) is 0 Å². The molecule has 2 N–H and O–H groups in total. The highest BCUT2D eigenvalue weighted by Crippen LogP contribution is 2.24. The van der Waals surface area contributed by atoms with Gasteiger partial charge in [-0.15, -0.1) is 11.3 Å². The van der Waals surface area contributed by atoms with Crippen LogP contribution in [0.15, 0.2) is 24.3 Å². The number of hydrogen-bond donors (Lipinski definition) is 1. The molecule has 0 aliphatic carbocycles. The topological polar surface area (TPSA) is 42.1 Å². The van der Waals surface area contributed by atoms with Crippen LogP contribution >= 0.6 is 22.9 Å². The third kappa shape index (κ3) is 3.95. The van der Waals surface area contributed by atoms with Crippen LogP contribution in [0.5, 0.6) is 0 Å². The van der Waals surface area contributed by atoms with E-state index in [4.69, 9.17) is 22.3 Å². The summed E-state index contributed by atoms with van der Waals surface area (Å²) in [5.74, 6) is 0.973. The fourth-order valence-electron chi connectivity index (χ4n) is 2.08. The van der Waals surface area contributed by atoms with Crippen molar-refractivity contribution in [2.75, 3.05) is 11.9 Å². The van der Waals surface area contributed by atoms with Crippen molar-refractivity contribution < 1.29 is 0 Å². The first kappa shape index (κ1) is 15.3. The number of rotatable bonds is 6. The quantitative estimate of drug-likeness (QED) is 0.881. The lowest BCUT2D eigenvalue weighted by molar-refractivity contribution is 0.846. The summed E-state index contributed by atoms with van der Waals surface area (Å²) in [7, 11) is 2.05. The highest BCUT2D eigenvalue weighted by atomic mass is 35.5. The van der Waals surface area contributed by atoms with Crippen LogP contribution in [-0.4, -0.2) is 12.0 Å². The largest absolute Gasteiger partial charge is 0.355 e. The van der Waals surface area contributed by atoms with Gasteiger partial charge in [0.05, 0.1) is 10.9 Å². The average Bonchev–Trinajstić information content (AvgIpc) is 2.84. The molecule has 2 rings (SSSR count). The first-order valence-corrected chi connectivity index (χ1v) is 7.97. The minimum Gasteiger partial charge on any atom is -0.355 e. The van der Waals surface area contributed by atoms with Crippen molar-refractivity contribution in [2.45, 2.75) is 32.9 Å². The molecule has 3 nitrogen and oxygen atoms in total. The first-order chi connectivity index (χ1) is 9.62. The van der Waals surface area contributed by atoms with E-state index >= 15 is 0 Å². The minimum absolute atomic E-state index is 0.547. The number of aromatic nitrogens is 1. The van der Waals surface area contributed by atoms with E-state index in [-0.39, 0.29) is 0 Å². The van der Waals surface area contributed by atoms with Crippen molar-refractivity contribution in [2.24, 2.45) is 5.73 Å². The van der Waals surface area contributed by atoms with Crippen molar-refractivity contribution in [1.82, 2.24) is 4.98 Å². The molecule has 0 saturated carbocycles. The zero-order valence-electron chi connectivity index (χ0n) is 11.9. The van der Waals surface area contributed by atoms with Crippen LogP contribution in [-0.2, 0) is 19.5 Å². The summed E-state index contributed by atoms with van der Waals surface area (Å²) < 4.78 is 0.823. The van der Waals surface area contributed by atoms with E-state index < -0.39 is 0 Å². The molecule has 2 aromatic heterocycles. The van der Waals surface area contributed by atoms with Crippen molar-refractivity contribution >= 4 is 28.8 Å². The third-order valence-electron chi connectivity index (χ3n) is 3.08. The second-order valence-electron chi connectivity index (χ2n) is 4.84. The molecule has 0 spiro atoms. The van der Waals surface area contributed by atoms with Crippen LogP contribution in [0.4, 0.5) is 5.82 Å². The lowest BCUT2D eigenvalue weighted by Crippen LogP contribution is -2.18. The maximum Gasteiger partial charge on any atom is 0.129 e. The molecular weight excluding hydrogens is 290 g/mol.